The Kier molecular flexibility index (Phi) is 4.58. The summed E-state index contributed by atoms with van der Waals surface area (Å²) in [6.07, 6.45) is 0. The smallest absolute Gasteiger partial charge is 0.315 e. The molecule has 134 valence electrons. The van der Waals surface area contributed by atoms with Crippen molar-refractivity contribution >= 4 is 28.6 Å². The van der Waals surface area contributed by atoms with Gasteiger partial charge in [-0.2, -0.15) is 0 Å². The molecule has 0 saturated carbocycles. The van der Waals surface area contributed by atoms with Crippen LogP contribution in [0.15, 0.2) is 46.9 Å². The minimum atomic E-state index is -0.295. The van der Waals surface area contributed by atoms with Crippen LogP contribution in [-0.2, 0) is 13.1 Å². The predicted octanol–water partition coefficient (Wildman–Crippen LogP) is 3.86. The molecule has 2 amide bonds. The third-order valence-electron chi connectivity index (χ3n) is 4.01. The highest BCUT2D eigenvalue weighted by Gasteiger charge is 2.16. The van der Waals surface area contributed by atoms with Gasteiger partial charge < -0.3 is 24.5 Å². The van der Waals surface area contributed by atoms with Gasteiger partial charge in [-0.1, -0.05) is 29.8 Å². The Hall–Kier alpha value is -2.86. The van der Waals surface area contributed by atoms with E-state index < -0.39 is 0 Å². The Morgan fingerprint density at radius 1 is 1.04 bits per heavy atom. The summed E-state index contributed by atoms with van der Waals surface area (Å²) in [4.78, 5) is 12.0. The minimum Gasteiger partial charge on any atom is -0.486 e. The Morgan fingerprint density at radius 2 is 1.85 bits per heavy atom. The van der Waals surface area contributed by atoms with Crippen LogP contribution in [0.2, 0.25) is 5.02 Å². The quantitative estimate of drug-likeness (QED) is 0.729. The second-order valence-corrected chi connectivity index (χ2v) is 6.30. The second-order valence-electron chi connectivity index (χ2n) is 5.89. The molecule has 26 heavy (non-hydrogen) atoms. The first-order chi connectivity index (χ1) is 12.7. The monoisotopic (exact) mass is 372 g/mol. The van der Waals surface area contributed by atoms with E-state index in [-0.39, 0.29) is 6.03 Å². The van der Waals surface area contributed by atoms with Crippen molar-refractivity contribution in [3.63, 3.8) is 0 Å². The van der Waals surface area contributed by atoms with Gasteiger partial charge in [0.1, 0.15) is 24.6 Å². The van der Waals surface area contributed by atoms with E-state index in [2.05, 4.69) is 10.6 Å². The number of rotatable bonds is 4. The van der Waals surface area contributed by atoms with Crippen molar-refractivity contribution in [1.29, 1.82) is 0 Å². The molecule has 0 fully saturated rings. The van der Waals surface area contributed by atoms with Crippen molar-refractivity contribution in [3.05, 3.63) is 58.8 Å². The predicted molar refractivity (Wildman–Crippen MR) is 97.7 cm³/mol. The zero-order valence-corrected chi connectivity index (χ0v) is 14.6. The van der Waals surface area contributed by atoms with Crippen molar-refractivity contribution in [2.75, 3.05) is 13.2 Å². The molecule has 4 rings (SSSR count). The summed E-state index contributed by atoms with van der Waals surface area (Å²) in [6.45, 7) is 1.59. The molecule has 2 aromatic carbocycles. The number of furan rings is 1. The van der Waals surface area contributed by atoms with Crippen LogP contribution in [0.25, 0.3) is 11.0 Å². The van der Waals surface area contributed by atoms with E-state index in [0.29, 0.717) is 48.6 Å². The molecule has 0 unspecified atom stereocenters. The summed E-state index contributed by atoms with van der Waals surface area (Å²) in [6, 6.07) is 12.9. The lowest BCUT2D eigenvalue weighted by molar-refractivity contribution is 0.171. The summed E-state index contributed by atoms with van der Waals surface area (Å²) < 4.78 is 16.7. The summed E-state index contributed by atoms with van der Waals surface area (Å²) in [7, 11) is 0. The Balaban J connectivity index is 1.33. The highest BCUT2D eigenvalue weighted by Crippen LogP contribution is 2.38. The van der Waals surface area contributed by atoms with Gasteiger partial charge in [0, 0.05) is 11.9 Å². The molecule has 0 aliphatic carbocycles. The van der Waals surface area contributed by atoms with E-state index in [1.54, 1.807) is 6.07 Å². The largest absolute Gasteiger partial charge is 0.486 e. The number of carbonyl (C=O) groups excluding carboxylic acids is 1. The molecule has 6 nitrogen and oxygen atoms in total. The first-order valence-corrected chi connectivity index (χ1v) is 8.64. The van der Waals surface area contributed by atoms with E-state index in [1.807, 2.05) is 36.4 Å². The SMILES string of the molecule is O=C(NCc1cc(Cl)c2c(c1)OCCO2)NCc1cc2ccccc2o1. The molecule has 0 saturated heterocycles. The summed E-state index contributed by atoms with van der Waals surface area (Å²) in [5, 5.41) is 7.05. The van der Waals surface area contributed by atoms with Crippen molar-refractivity contribution in [2.24, 2.45) is 0 Å². The van der Waals surface area contributed by atoms with Crippen molar-refractivity contribution in [2.45, 2.75) is 13.1 Å². The maximum Gasteiger partial charge on any atom is 0.315 e. The summed E-state index contributed by atoms with van der Waals surface area (Å²) in [5.74, 6) is 1.85. The van der Waals surface area contributed by atoms with Crippen LogP contribution in [-0.4, -0.2) is 19.2 Å². The van der Waals surface area contributed by atoms with E-state index in [1.165, 1.54) is 0 Å². The third kappa shape index (κ3) is 3.55. The van der Waals surface area contributed by atoms with Gasteiger partial charge in [-0.3, -0.25) is 0 Å². The molecule has 1 aromatic heterocycles. The summed E-state index contributed by atoms with van der Waals surface area (Å²) in [5.41, 5.74) is 1.63. The molecule has 1 aliphatic heterocycles. The first-order valence-electron chi connectivity index (χ1n) is 8.26. The van der Waals surface area contributed by atoms with Crippen LogP contribution in [0.5, 0.6) is 11.5 Å². The molecule has 1 aliphatic rings. The number of fused-ring (bicyclic) bond motifs is 2. The number of halogens is 1. The Labute approximate surface area is 155 Å². The van der Waals surface area contributed by atoms with Crippen molar-refractivity contribution in [1.82, 2.24) is 10.6 Å². The number of ether oxygens (including phenoxy) is 2. The Bertz CT molecular complexity index is 921. The second kappa shape index (κ2) is 7.17. The van der Waals surface area contributed by atoms with E-state index >= 15 is 0 Å². The number of para-hydroxylation sites is 1. The van der Waals surface area contributed by atoms with Crippen LogP contribution >= 0.6 is 11.6 Å². The van der Waals surface area contributed by atoms with E-state index in [0.717, 1.165) is 16.5 Å². The maximum absolute atomic E-state index is 12.0. The van der Waals surface area contributed by atoms with Crippen molar-refractivity contribution < 1.29 is 18.7 Å². The molecule has 2 N–H and O–H groups in total. The topological polar surface area (TPSA) is 72.7 Å². The van der Waals surface area contributed by atoms with Crippen LogP contribution in [0.4, 0.5) is 4.79 Å². The molecule has 0 atom stereocenters. The lowest BCUT2D eigenvalue weighted by atomic mass is 10.2. The average molecular weight is 373 g/mol. The molecule has 3 aromatic rings. The maximum atomic E-state index is 12.0. The fourth-order valence-corrected chi connectivity index (χ4v) is 3.09. The average Bonchev–Trinajstić information content (AvgIpc) is 3.08. The van der Waals surface area contributed by atoms with E-state index in [4.69, 9.17) is 25.5 Å². The van der Waals surface area contributed by atoms with Gasteiger partial charge in [0.2, 0.25) is 0 Å². The molecule has 0 bridgehead atoms. The number of benzene rings is 2. The number of urea groups is 1. The molecular weight excluding hydrogens is 356 g/mol. The zero-order valence-electron chi connectivity index (χ0n) is 13.9. The third-order valence-corrected chi connectivity index (χ3v) is 4.29. The van der Waals surface area contributed by atoms with Gasteiger partial charge in [-0.25, -0.2) is 4.79 Å². The van der Waals surface area contributed by atoms with E-state index in [9.17, 15) is 4.79 Å². The first kappa shape index (κ1) is 16.6. The lowest BCUT2D eigenvalue weighted by Gasteiger charge is -2.20. The molecule has 0 radical (unpaired) electrons. The number of hydrogen-bond acceptors (Lipinski definition) is 4. The molecule has 2 heterocycles. The van der Waals surface area contributed by atoms with Crippen molar-refractivity contribution in [3.8, 4) is 11.5 Å². The number of hydrogen-bond donors (Lipinski definition) is 2. The van der Waals surface area contributed by atoms with Gasteiger partial charge in [0.25, 0.3) is 0 Å². The minimum absolute atomic E-state index is 0.295. The molecule has 7 heteroatoms. The molecule has 0 spiro atoms. The number of nitrogens with one attached hydrogen (secondary N) is 2. The van der Waals surface area contributed by atoms with Gasteiger partial charge in [0.15, 0.2) is 11.5 Å². The van der Waals surface area contributed by atoms with Gasteiger partial charge >= 0.3 is 6.03 Å². The van der Waals surface area contributed by atoms with Crippen LogP contribution in [0.3, 0.4) is 0 Å². The Morgan fingerprint density at radius 3 is 2.73 bits per heavy atom. The summed E-state index contributed by atoms with van der Waals surface area (Å²) >= 11 is 6.20. The fourth-order valence-electron chi connectivity index (χ4n) is 2.80. The highest BCUT2D eigenvalue weighted by molar-refractivity contribution is 6.32. The van der Waals surface area contributed by atoms with Gasteiger partial charge in [0.05, 0.1) is 11.6 Å². The number of carbonyl (C=O) groups is 1. The molecular formula is C19H17ClN2O4. The van der Waals surface area contributed by atoms with Crippen LogP contribution in [0, 0.1) is 0 Å². The van der Waals surface area contributed by atoms with Gasteiger partial charge in [-0.15, -0.1) is 0 Å². The van der Waals surface area contributed by atoms with Crippen LogP contribution in [0.1, 0.15) is 11.3 Å². The standard InChI is InChI=1S/C19H17ClN2O4/c20-15-7-12(8-17-18(15)25-6-5-24-17)10-21-19(23)22-11-14-9-13-3-1-2-4-16(13)26-14/h1-4,7-9H,5-6,10-11H2,(H2,21,22,23). The normalized spacial score (nSPS) is 12.8. The zero-order chi connectivity index (χ0) is 17.9. The number of amides is 2. The fraction of sp³-hybridized carbons (Fsp3) is 0.211. The highest BCUT2D eigenvalue weighted by atomic mass is 35.5. The lowest BCUT2D eigenvalue weighted by Crippen LogP contribution is -2.34. The van der Waals surface area contributed by atoms with Gasteiger partial charge in [-0.05, 0) is 29.8 Å². The van der Waals surface area contributed by atoms with Crippen LogP contribution < -0.4 is 20.1 Å².